The molecule has 9 nitrogen and oxygen atoms in total. The number of fused-ring (bicyclic) bond motifs is 1. The van der Waals surface area contributed by atoms with Gasteiger partial charge >= 0.3 is 0 Å². The predicted molar refractivity (Wildman–Crippen MR) is 123 cm³/mol. The quantitative estimate of drug-likeness (QED) is 0.618. The fourth-order valence-corrected chi connectivity index (χ4v) is 3.96. The molecule has 1 aromatic carbocycles. The van der Waals surface area contributed by atoms with E-state index in [2.05, 4.69) is 39.4 Å². The first-order valence-electron chi connectivity index (χ1n) is 10.1. The number of amides is 1. The van der Waals surface area contributed by atoms with Crippen molar-refractivity contribution >= 4 is 35.0 Å². The Morgan fingerprint density at radius 3 is 2.68 bits per heavy atom. The molecule has 1 fully saturated rings. The number of nitrogens with zero attached hydrogens (tertiary/aromatic N) is 5. The van der Waals surface area contributed by atoms with Crippen molar-refractivity contribution in [3.05, 3.63) is 29.8 Å². The first-order chi connectivity index (χ1) is 14.3. The van der Waals surface area contributed by atoms with Crippen LogP contribution in [0.2, 0.25) is 0 Å². The van der Waals surface area contributed by atoms with Crippen LogP contribution in [0.1, 0.15) is 31.1 Å². The second-order valence-electron chi connectivity index (χ2n) is 8.14. The van der Waals surface area contributed by atoms with Gasteiger partial charge in [0.05, 0.1) is 23.4 Å². The molecule has 0 unspecified atom stereocenters. The van der Waals surface area contributed by atoms with Crippen LogP contribution < -0.4 is 20.7 Å². The lowest BCUT2D eigenvalue weighted by Gasteiger charge is -2.39. The first kappa shape index (κ1) is 22.8. The van der Waals surface area contributed by atoms with E-state index in [1.807, 2.05) is 26.1 Å². The summed E-state index contributed by atoms with van der Waals surface area (Å²) in [6.45, 7) is 9.29. The third kappa shape index (κ3) is 4.42. The van der Waals surface area contributed by atoms with Crippen LogP contribution in [0.4, 0.5) is 5.82 Å². The van der Waals surface area contributed by atoms with Crippen molar-refractivity contribution in [3.8, 4) is 17.1 Å². The van der Waals surface area contributed by atoms with E-state index >= 15 is 0 Å². The van der Waals surface area contributed by atoms with Crippen LogP contribution in [0.25, 0.3) is 22.3 Å². The summed E-state index contributed by atoms with van der Waals surface area (Å²) in [5.41, 5.74) is 8.08. The van der Waals surface area contributed by atoms with Gasteiger partial charge in [0.25, 0.3) is 5.91 Å². The van der Waals surface area contributed by atoms with Gasteiger partial charge in [0, 0.05) is 43.7 Å². The summed E-state index contributed by atoms with van der Waals surface area (Å²) >= 11 is 0. The third-order valence-electron chi connectivity index (χ3n) is 5.29. The lowest BCUT2D eigenvalue weighted by atomic mass is 10.0. The lowest BCUT2D eigenvalue weighted by Crippen LogP contribution is -2.57. The van der Waals surface area contributed by atoms with Crippen molar-refractivity contribution in [2.24, 2.45) is 12.8 Å². The zero-order chi connectivity index (χ0) is 21.5. The summed E-state index contributed by atoms with van der Waals surface area (Å²) in [5, 5.41) is 17.8. The van der Waals surface area contributed by atoms with Crippen LogP contribution >= 0.6 is 12.4 Å². The van der Waals surface area contributed by atoms with Crippen LogP contribution in [-0.4, -0.2) is 57.7 Å². The van der Waals surface area contributed by atoms with Gasteiger partial charge in [0.1, 0.15) is 11.4 Å². The minimum absolute atomic E-state index is 0. The number of hydrogen-bond donors (Lipinski definition) is 2. The molecular weight excluding hydrogens is 418 g/mol. The fraction of sp³-hybridized carbons (Fsp3) is 0.429. The molecule has 1 amide bonds. The fourth-order valence-electron chi connectivity index (χ4n) is 3.96. The number of carbonyl (C=O) groups excluding carboxylic acids is 1. The highest BCUT2D eigenvalue weighted by Gasteiger charge is 2.27. The number of rotatable bonds is 5. The molecule has 0 radical (unpaired) electrons. The van der Waals surface area contributed by atoms with Crippen LogP contribution in [0.3, 0.4) is 0 Å². The van der Waals surface area contributed by atoms with Crippen LogP contribution in [0.15, 0.2) is 24.3 Å². The summed E-state index contributed by atoms with van der Waals surface area (Å²) < 4.78 is 7.31. The number of nitrogens with two attached hydrogens (primary N) is 1. The van der Waals surface area contributed by atoms with E-state index < -0.39 is 5.91 Å². The average Bonchev–Trinajstić information content (AvgIpc) is 3.01. The van der Waals surface area contributed by atoms with Crippen LogP contribution in [0, 0.1) is 0 Å². The zero-order valence-corrected chi connectivity index (χ0v) is 19.0. The van der Waals surface area contributed by atoms with Gasteiger partial charge in [-0.3, -0.25) is 9.48 Å². The Balaban J connectivity index is 0.00000272. The molecule has 0 atom stereocenters. The van der Waals surface area contributed by atoms with Crippen molar-refractivity contribution in [1.29, 1.82) is 0 Å². The minimum atomic E-state index is -0.544. The Hall–Kier alpha value is -2.91. The topological polar surface area (TPSA) is 111 Å². The minimum Gasteiger partial charge on any atom is -0.493 e. The van der Waals surface area contributed by atoms with Crippen molar-refractivity contribution in [2.75, 3.05) is 31.1 Å². The van der Waals surface area contributed by atoms with Crippen LogP contribution in [0.5, 0.6) is 5.75 Å². The molecule has 3 heterocycles. The SMILES string of the molecule is CCOc1cc2nn(C)c(-c3ccc(N4CCNC(C)(C)C4)nn3)c2cc1C(N)=O.Cl. The Morgan fingerprint density at radius 1 is 1.29 bits per heavy atom. The largest absolute Gasteiger partial charge is 0.493 e. The summed E-state index contributed by atoms with van der Waals surface area (Å²) in [6.07, 6.45) is 0. The number of aromatic nitrogens is 4. The number of halogens is 1. The molecule has 3 N–H and O–H groups in total. The van der Waals surface area contributed by atoms with Gasteiger partial charge in [-0.1, -0.05) is 0 Å². The van der Waals surface area contributed by atoms with Gasteiger partial charge in [-0.2, -0.15) is 5.10 Å². The average molecular weight is 446 g/mol. The maximum atomic E-state index is 11.9. The van der Waals surface area contributed by atoms with Crippen LogP contribution in [-0.2, 0) is 7.05 Å². The first-order valence-corrected chi connectivity index (χ1v) is 10.1. The van der Waals surface area contributed by atoms with E-state index in [1.165, 1.54) is 0 Å². The van der Waals surface area contributed by atoms with E-state index in [0.717, 1.165) is 36.5 Å². The lowest BCUT2D eigenvalue weighted by molar-refractivity contribution is 0.0997. The molecule has 1 aliphatic rings. The maximum absolute atomic E-state index is 11.9. The molecule has 0 spiro atoms. The Morgan fingerprint density at radius 2 is 2.06 bits per heavy atom. The molecule has 166 valence electrons. The number of piperazine rings is 1. The van der Waals surface area contributed by atoms with E-state index in [-0.39, 0.29) is 17.9 Å². The highest BCUT2D eigenvalue weighted by atomic mass is 35.5. The van der Waals surface area contributed by atoms with Gasteiger partial charge in [0.15, 0.2) is 5.82 Å². The van der Waals surface area contributed by atoms with Gasteiger partial charge in [-0.05, 0) is 39.0 Å². The molecule has 31 heavy (non-hydrogen) atoms. The van der Waals surface area contributed by atoms with Crippen molar-refractivity contribution in [2.45, 2.75) is 26.3 Å². The Labute approximate surface area is 187 Å². The number of carbonyl (C=O) groups is 1. The van der Waals surface area contributed by atoms with Crippen molar-refractivity contribution in [3.63, 3.8) is 0 Å². The number of ether oxygens (including phenoxy) is 1. The smallest absolute Gasteiger partial charge is 0.252 e. The number of nitrogens with one attached hydrogen (secondary N) is 1. The number of primary amides is 1. The van der Waals surface area contributed by atoms with E-state index in [1.54, 1.807) is 16.8 Å². The van der Waals surface area contributed by atoms with Crippen molar-refractivity contribution in [1.82, 2.24) is 25.3 Å². The summed E-state index contributed by atoms with van der Waals surface area (Å²) in [7, 11) is 1.84. The molecule has 10 heteroatoms. The normalized spacial score (nSPS) is 15.5. The maximum Gasteiger partial charge on any atom is 0.252 e. The molecule has 0 bridgehead atoms. The molecule has 3 aromatic rings. The van der Waals surface area contributed by atoms with Gasteiger partial charge in [-0.25, -0.2) is 0 Å². The molecule has 1 aliphatic heterocycles. The molecule has 4 rings (SSSR count). The molecule has 1 saturated heterocycles. The summed E-state index contributed by atoms with van der Waals surface area (Å²) in [5.74, 6) is 0.735. The van der Waals surface area contributed by atoms with E-state index in [9.17, 15) is 4.79 Å². The van der Waals surface area contributed by atoms with Gasteiger partial charge in [0.2, 0.25) is 0 Å². The molecule has 0 saturated carbocycles. The van der Waals surface area contributed by atoms with E-state index in [0.29, 0.717) is 29.1 Å². The van der Waals surface area contributed by atoms with E-state index in [4.69, 9.17) is 10.5 Å². The number of aryl methyl sites for hydroxylation is 1. The number of benzene rings is 1. The summed E-state index contributed by atoms with van der Waals surface area (Å²) in [6, 6.07) is 7.38. The Kier molecular flexibility index (Phi) is 6.38. The predicted octanol–water partition coefficient (Wildman–Crippen LogP) is 2.14. The zero-order valence-electron chi connectivity index (χ0n) is 18.2. The van der Waals surface area contributed by atoms with Crippen molar-refractivity contribution < 1.29 is 9.53 Å². The summed E-state index contributed by atoms with van der Waals surface area (Å²) in [4.78, 5) is 14.2. The second kappa shape index (κ2) is 8.68. The highest BCUT2D eigenvalue weighted by molar-refractivity contribution is 6.03. The molecular formula is C21H28ClN7O2. The Bertz CT molecular complexity index is 1100. The molecule has 2 aromatic heterocycles. The second-order valence-corrected chi connectivity index (χ2v) is 8.14. The molecule has 0 aliphatic carbocycles. The number of hydrogen-bond acceptors (Lipinski definition) is 7. The standard InChI is InChI=1S/C21H27N7O2.ClH/c1-5-30-17-11-16-13(10-14(17)20(22)29)19(27(4)26-16)15-6-7-18(25-24-15)28-9-8-23-21(2,3)12-28;/h6-7,10-11,23H,5,8-9,12H2,1-4H3,(H2,22,29);1H. The monoisotopic (exact) mass is 445 g/mol. The highest BCUT2D eigenvalue weighted by Crippen LogP contribution is 2.32. The number of anilines is 1. The third-order valence-corrected chi connectivity index (χ3v) is 5.29. The van der Waals surface area contributed by atoms with Gasteiger partial charge in [-0.15, -0.1) is 22.6 Å². The van der Waals surface area contributed by atoms with Gasteiger partial charge < -0.3 is 20.7 Å².